The molecule has 0 bridgehead atoms. The maximum Gasteiger partial charge on any atom is 0.164 e. The van der Waals surface area contributed by atoms with E-state index in [1.165, 1.54) is 37.9 Å². The van der Waals surface area contributed by atoms with E-state index in [1.54, 1.807) is 0 Å². The highest BCUT2D eigenvalue weighted by atomic mass is 15.0. The first kappa shape index (κ1) is 24.2. The first-order valence-electron chi connectivity index (χ1n) is 14.1. The lowest BCUT2D eigenvalue weighted by molar-refractivity contribution is 1.07. The number of rotatable bonds is 4. The summed E-state index contributed by atoms with van der Waals surface area (Å²) in [5, 5.41) is 7.56. The van der Waals surface area contributed by atoms with Crippen LogP contribution < -0.4 is 0 Å². The Kier molecular flexibility index (Phi) is 5.79. The number of fused-ring (bicyclic) bond motifs is 5. The summed E-state index contributed by atoms with van der Waals surface area (Å²) in [7, 11) is 0. The van der Waals surface area contributed by atoms with Crippen LogP contribution in [0.1, 0.15) is 0 Å². The van der Waals surface area contributed by atoms with Gasteiger partial charge in [0.2, 0.25) is 0 Å². The van der Waals surface area contributed by atoms with Gasteiger partial charge in [-0.25, -0.2) is 15.0 Å². The molecule has 0 spiro atoms. The Balaban J connectivity index is 1.28. The van der Waals surface area contributed by atoms with Crippen LogP contribution in [0.2, 0.25) is 0 Å². The van der Waals surface area contributed by atoms with E-state index in [9.17, 15) is 0 Å². The van der Waals surface area contributed by atoms with Gasteiger partial charge in [-0.2, -0.15) is 0 Å². The second-order valence-electron chi connectivity index (χ2n) is 10.5. The van der Waals surface area contributed by atoms with Gasteiger partial charge in [-0.1, -0.05) is 146 Å². The Labute approximate surface area is 243 Å². The fourth-order valence-corrected chi connectivity index (χ4v) is 5.84. The van der Waals surface area contributed by atoms with Crippen molar-refractivity contribution in [2.75, 3.05) is 0 Å². The van der Waals surface area contributed by atoms with Gasteiger partial charge in [0.1, 0.15) is 0 Å². The summed E-state index contributed by atoms with van der Waals surface area (Å²) < 4.78 is 0. The number of hydrogen-bond donors (Lipinski definition) is 0. The monoisotopic (exact) mass is 535 g/mol. The van der Waals surface area contributed by atoms with Gasteiger partial charge in [0, 0.05) is 16.7 Å². The highest BCUT2D eigenvalue weighted by molar-refractivity contribution is 6.20. The Hall–Kier alpha value is -5.67. The van der Waals surface area contributed by atoms with Crippen LogP contribution in [0.5, 0.6) is 0 Å². The molecule has 0 aliphatic rings. The molecule has 42 heavy (non-hydrogen) atoms. The Morgan fingerprint density at radius 3 is 1.36 bits per heavy atom. The lowest BCUT2D eigenvalue weighted by Gasteiger charge is -2.13. The van der Waals surface area contributed by atoms with Crippen LogP contribution in [0.25, 0.3) is 77.6 Å². The van der Waals surface area contributed by atoms with E-state index in [0.29, 0.717) is 17.5 Å². The van der Waals surface area contributed by atoms with Crippen molar-refractivity contribution in [3.63, 3.8) is 0 Å². The third-order valence-corrected chi connectivity index (χ3v) is 7.92. The molecule has 0 aliphatic carbocycles. The van der Waals surface area contributed by atoms with Crippen LogP contribution in [0.3, 0.4) is 0 Å². The van der Waals surface area contributed by atoms with Gasteiger partial charge < -0.3 is 0 Å². The van der Waals surface area contributed by atoms with E-state index in [1.807, 2.05) is 60.7 Å². The second kappa shape index (κ2) is 10.1. The molecular formula is C39H25N3. The predicted octanol–water partition coefficient (Wildman–Crippen LogP) is 10.00. The molecule has 0 atom stereocenters. The largest absolute Gasteiger partial charge is 0.208 e. The van der Waals surface area contributed by atoms with E-state index in [0.717, 1.165) is 22.3 Å². The van der Waals surface area contributed by atoms with Gasteiger partial charge in [-0.05, 0) is 49.5 Å². The van der Waals surface area contributed by atoms with E-state index in [2.05, 4.69) is 91.0 Å². The summed E-state index contributed by atoms with van der Waals surface area (Å²) in [5.41, 5.74) is 5.25. The fourth-order valence-electron chi connectivity index (χ4n) is 5.84. The zero-order valence-corrected chi connectivity index (χ0v) is 22.8. The molecule has 0 fully saturated rings. The number of benzene rings is 7. The van der Waals surface area contributed by atoms with E-state index in [-0.39, 0.29) is 0 Å². The highest BCUT2D eigenvalue weighted by Crippen LogP contribution is 2.38. The molecule has 0 aliphatic heterocycles. The van der Waals surface area contributed by atoms with Crippen molar-refractivity contribution < 1.29 is 0 Å². The summed E-state index contributed by atoms with van der Waals surface area (Å²) in [6.45, 7) is 0. The fraction of sp³-hybridized carbons (Fsp3) is 0. The molecule has 8 rings (SSSR count). The third kappa shape index (κ3) is 4.20. The van der Waals surface area contributed by atoms with Crippen LogP contribution in [-0.4, -0.2) is 15.0 Å². The third-order valence-electron chi connectivity index (χ3n) is 7.92. The van der Waals surface area contributed by atoms with Gasteiger partial charge in [0.15, 0.2) is 17.5 Å². The molecule has 196 valence electrons. The van der Waals surface area contributed by atoms with Crippen LogP contribution in [-0.2, 0) is 0 Å². The molecule has 8 aromatic rings. The van der Waals surface area contributed by atoms with E-state index in [4.69, 9.17) is 15.0 Å². The quantitative estimate of drug-likeness (QED) is 0.211. The molecule has 0 N–H and O–H groups in total. The van der Waals surface area contributed by atoms with Gasteiger partial charge >= 0.3 is 0 Å². The first-order chi connectivity index (χ1) is 20.8. The van der Waals surface area contributed by atoms with Gasteiger partial charge in [0.25, 0.3) is 0 Å². The number of aromatic nitrogens is 3. The van der Waals surface area contributed by atoms with Crippen molar-refractivity contribution in [3.05, 3.63) is 152 Å². The first-order valence-corrected chi connectivity index (χ1v) is 14.1. The van der Waals surface area contributed by atoms with Crippen molar-refractivity contribution >= 4 is 32.3 Å². The molecule has 3 nitrogen and oxygen atoms in total. The molecule has 1 heterocycles. The van der Waals surface area contributed by atoms with Crippen LogP contribution in [0.15, 0.2) is 152 Å². The van der Waals surface area contributed by atoms with Crippen molar-refractivity contribution in [1.29, 1.82) is 0 Å². The van der Waals surface area contributed by atoms with Gasteiger partial charge in [-0.3, -0.25) is 0 Å². The maximum absolute atomic E-state index is 4.90. The molecule has 1 aromatic heterocycles. The SMILES string of the molecule is c1ccc(-c2nc(-c3ccccc3)nc(-c3ccc(-c4cc5c6ccccc6ccc5c5ccccc45)cc3)n2)cc1. The second-order valence-corrected chi connectivity index (χ2v) is 10.5. The molecule has 0 saturated carbocycles. The van der Waals surface area contributed by atoms with Crippen LogP contribution in [0, 0.1) is 0 Å². The zero-order chi connectivity index (χ0) is 27.9. The molecular weight excluding hydrogens is 510 g/mol. The number of hydrogen-bond acceptors (Lipinski definition) is 3. The smallest absolute Gasteiger partial charge is 0.164 e. The molecule has 0 amide bonds. The Morgan fingerprint density at radius 1 is 0.286 bits per heavy atom. The standard InChI is InChI=1S/C39H25N3/c1-3-12-28(13-4-1)37-40-38(29-14-5-2-6-15-29)42-39(41-37)30-21-19-27(20-22-30)35-25-36-31-16-8-7-11-26(31)23-24-34(36)32-17-9-10-18-33(32)35/h1-25H. The van der Waals surface area contributed by atoms with E-state index >= 15 is 0 Å². The Bertz CT molecular complexity index is 2160. The van der Waals surface area contributed by atoms with Gasteiger partial charge in [-0.15, -0.1) is 0 Å². The zero-order valence-electron chi connectivity index (χ0n) is 22.8. The maximum atomic E-state index is 4.90. The van der Waals surface area contributed by atoms with Crippen LogP contribution in [0.4, 0.5) is 0 Å². The van der Waals surface area contributed by atoms with Gasteiger partial charge in [0.05, 0.1) is 0 Å². The molecule has 0 unspecified atom stereocenters. The lowest BCUT2D eigenvalue weighted by atomic mass is 9.91. The summed E-state index contributed by atoms with van der Waals surface area (Å²) in [5.74, 6) is 1.98. The minimum atomic E-state index is 0.656. The molecule has 3 heteroatoms. The molecule has 0 saturated heterocycles. The topological polar surface area (TPSA) is 38.7 Å². The summed E-state index contributed by atoms with van der Waals surface area (Å²) >= 11 is 0. The summed E-state index contributed by atoms with van der Waals surface area (Å²) in [6.07, 6.45) is 0. The summed E-state index contributed by atoms with van der Waals surface area (Å²) in [6, 6.07) is 52.9. The van der Waals surface area contributed by atoms with Crippen molar-refractivity contribution in [2.45, 2.75) is 0 Å². The number of nitrogens with zero attached hydrogens (tertiary/aromatic N) is 3. The molecule has 0 radical (unpaired) electrons. The minimum absolute atomic E-state index is 0.656. The Morgan fingerprint density at radius 2 is 0.738 bits per heavy atom. The highest BCUT2D eigenvalue weighted by Gasteiger charge is 2.14. The normalized spacial score (nSPS) is 11.3. The van der Waals surface area contributed by atoms with Crippen molar-refractivity contribution in [1.82, 2.24) is 15.0 Å². The predicted molar refractivity (Wildman–Crippen MR) is 174 cm³/mol. The van der Waals surface area contributed by atoms with Crippen molar-refractivity contribution in [3.8, 4) is 45.3 Å². The summed E-state index contributed by atoms with van der Waals surface area (Å²) in [4.78, 5) is 14.6. The average Bonchev–Trinajstić information content (AvgIpc) is 3.08. The minimum Gasteiger partial charge on any atom is -0.208 e. The van der Waals surface area contributed by atoms with Crippen molar-refractivity contribution in [2.24, 2.45) is 0 Å². The van der Waals surface area contributed by atoms with E-state index < -0.39 is 0 Å². The lowest BCUT2D eigenvalue weighted by Crippen LogP contribution is -2.00. The van der Waals surface area contributed by atoms with Crippen LogP contribution >= 0.6 is 0 Å². The molecule has 7 aromatic carbocycles. The average molecular weight is 536 g/mol.